The van der Waals surface area contributed by atoms with Gasteiger partial charge in [-0.15, -0.1) is 0 Å². The topological polar surface area (TPSA) is 42.7 Å². The Hall–Kier alpha value is -1.20. The van der Waals surface area contributed by atoms with Crippen molar-refractivity contribution in [3.8, 4) is 0 Å². The zero-order valence-corrected chi connectivity index (χ0v) is 14.2. The van der Waals surface area contributed by atoms with E-state index in [0.717, 1.165) is 28.0 Å². The zero-order valence-electron chi connectivity index (χ0n) is 12.7. The Balaban J connectivity index is 2.33. The Morgan fingerprint density at radius 3 is 2.30 bits per heavy atom. The first-order valence-corrected chi connectivity index (χ1v) is 7.52. The lowest BCUT2D eigenvalue weighted by molar-refractivity contribution is 0.559. The van der Waals surface area contributed by atoms with E-state index in [-0.39, 0.29) is 6.04 Å². The molecule has 0 aliphatic rings. The molecule has 0 aliphatic carbocycles. The van der Waals surface area contributed by atoms with Crippen molar-refractivity contribution in [1.82, 2.24) is 20.1 Å². The van der Waals surface area contributed by atoms with Crippen molar-refractivity contribution in [2.45, 2.75) is 33.2 Å². The van der Waals surface area contributed by atoms with Crippen molar-refractivity contribution in [3.05, 3.63) is 44.9 Å². The van der Waals surface area contributed by atoms with Gasteiger partial charge in [-0.25, -0.2) is 0 Å². The summed E-state index contributed by atoms with van der Waals surface area (Å²) in [5.74, 6) is 0. The van der Waals surface area contributed by atoms with Gasteiger partial charge in [-0.3, -0.25) is 9.67 Å². The third kappa shape index (κ3) is 3.10. The minimum absolute atomic E-state index is 0.251. The zero-order chi connectivity index (χ0) is 14.9. The molecule has 5 heteroatoms. The van der Waals surface area contributed by atoms with Crippen molar-refractivity contribution in [3.63, 3.8) is 0 Å². The number of likely N-dealkylation sites (N-methyl/N-ethyl adjacent to an activating group) is 1. The van der Waals surface area contributed by atoms with Crippen LogP contribution in [-0.2, 0) is 13.5 Å². The fraction of sp³-hybridized carbons (Fsp3) is 0.467. The normalized spacial score (nSPS) is 12.7. The van der Waals surface area contributed by atoms with E-state index in [9.17, 15) is 0 Å². The van der Waals surface area contributed by atoms with Crippen LogP contribution in [0.25, 0.3) is 0 Å². The molecule has 0 radical (unpaired) electrons. The Bertz CT molecular complexity index is 598. The lowest BCUT2D eigenvalue weighted by Gasteiger charge is -2.18. The van der Waals surface area contributed by atoms with Gasteiger partial charge < -0.3 is 5.32 Å². The second-order valence-corrected chi connectivity index (χ2v) is 5.99. The number of aryl methyl sites for hydroxylation is 4. The van der Waals surface area contributed by atoms with Gasteiger partial charge in [-0.05, 0) is 61.4 Å². The van der Waals surface area contributed by atoms with Crippen LogP contribution in [0.15, 0.2) is 16.6 Å². The molecule has 108 valence electrons. The van der Waals surface area contributed by atoms with Crippen LogP contribution in [0, 0.1) is 20.8 Å². The molecule has 0 amide bonds. The molecule has 1 N–H and O–H groups in total. The number of rotatable bonds is 4. The molecule has 4 nitrogen and oxygen atoms in total. The largest absolute Gasteiger partial charge is 0.313 e. The van der Waals surface area contributed by atoms with Crippen LogP contribution < -0.4 is 5.32 Å². The minimum Gasteiger partial charge on any atom is -0.313 e. The summed E-state index contributed by atoms with van der Waals surface area (Å²) in [4.78, 5) is 4.44. The van der Waals surface area contributed by atoms with Crippen LogP contribution in [-0.4, -0.2) is 21.8 Å². The highest BCUT2D eigenvalue weighted by Crippen LogP contribution is 2.26. The average molecular weight is 337 g/mol. The quantitative estimate of drug-likeness (QED) is 0.933. The fourth-order valence-corrected chi connectivity index (χ4v) is 3.05. The van der Waals surface area contributed by atoms with Crippen molar-refractivity contribution in [2.75, 3.05) is 7.05 Å². The maximum absolute atomic E-state index is 4.46. The lowest BCUT2D eigenvalue weighted by Crippen LogP contribution is -2.20. The number of halogens is 1. The summed E-state index contributed by atoms with van der Waals surface area (Å²) in [7, 11) is 3.98. The van der Waals surface area contributed by atoms with Crippen LogP contribution in [0.1, 0.15) is 34.4 Å². The molecule has 0 aliphatic heterocycles. The Morgan fingerprint density at radius 2 is 1.85 bits per heavy atom. The first-order chi connectivity index (χ1) is 9.42. The van der Waals surface area contributed by atoms with E-state index in [1.807, 2.05) is 39.5 Å². The van der Waals surface area contributed by atoms with Gasteiger partial charge in [0.2, 0.25) is 0 Å². The molecule has 0 bridgehead atoms. The van der Waals surface area contributed by atoms with Gasteiger partial charge in [0, 0.05) is 30.9 Å². The van der Waals surface area contributed by atoms with E-state index in [1.54, 1.807) is 0 Å². The summed E-state index contributed by atoms with van der Waals surface area (Å²) < 4.78 is 3.05. The number of pyridine rings is 1. The second-order valence-electron chi connectivity index (χ2n) is 5.20. The van der Waals surface area contributed by atoms with Crippen LogP contribution in [0.4, 0.5) is 0 Å². The predicted molar refractivity (Wildman–Crippen MR) is 84.9 cm³/mol. The molecule has 0 fully saturated rings. The Kier molecular flexibility index (Phi) is 4.60. The Morgan fingerprint density at radius 1 is 1.25 bits per heavy atom. The molecule has 2 rings (SSSR count). The minimum atomic E-state index is 0.251. The number of aromatic nitrogens is 3. The first-order valence-electron chi connectivity index (χ1n) is 6.72. The van der Waals surface area contributed by atoms with E-state index >= 15 is 0 Å². The molecular formula is C15H21BrN4. The van der Waals surface area contributed by atoms with E-state index in [0.29, 0.717) is 0 Å². The predicted octanol–water partition coefficient (Wildman–Crippen LogP) is 3.01. The third-order valence-electron chi connectivity index (χ3n) is 3.51. The fourth-order valence-electron chi connectivity index (χ4n) is 2.55. The van der Waals surface area contributed by atoms with Gasteiger partial charge in [0.05, 0.1) is 15.9 Å². The van der Waals surface area contributed by atoms with Gasteiger partial charge in [-0.1, -0.05) is 0 Å². The maximum atomic E-state index is 4.46. The average Bonchev–Trinajstić information content (AvgIpc) is 2.60. The summed E-state index contributed by atoms with van der Waals surface area (Å²) in [6.45, 7) is 6.09. The van der Waals surface area contributed by atoms with Crippen LogP contribution in [0.3, 0.4) is 0 Å². The van der Waals surface area contributed by atoms with E-state index in [2.05, 4.69) is 43.5 Å². The standard InChI is InChI=1S/C15H21BrN4/c1-9-6-12(7-10(2)18-9)13(17-4)8-14-15(16)11(3)19-20(14)5/h6-7,13,17H,8H2,1-5H3. The second kappa shape index (κ2) is 6.06. The van der Waals surface area contributed by atoms with Crippen molar-refractivity contribution < 1.29 is 0 Å². The van der Waals surface area contributed by atoms with Crippen molar-refractivity contribution in [2.24, 2.45) is 7.05 Å². The molecule has 1 atom stereocenters. The van der Waals surface area contributed by atoms with Gasteiger partial charge in [0.15, 0.2) is 0 Å². The molecule has 2 aromatic heterocycles. The molecule has 0 saturated heterocycles. The summed E-state index contributed by atoms with van der Waals surface area (Å²) >= 11 is 3.64. The molecule has 2 aromatic rings. The first kappa shape index (κ1) is 15.2. The molecular weight excluding hydrogens is 316 g/mol. The van der Waals surface area contributed by atoms with E-state index in [1.165, 1.54) is 11.3 Å². The molecule has 0 saturated carbocycles. The molecule has 0 spiro atoms. The lowest BCUT2D eigenvalue weighted by atomic mass is 10.0. The molecule has 2 heterocycles. The number of hydrogen-bond acceptors (Lipinski definition) is 3. The summed E-state index contributed by atoms with van der Waals surface area (Å²) in [5.41, 5.74) is 5.61. The maximum Gasteiger partial charge on any atom is 0.0738 e. The van der Waals surface area contributed by atoms with E-state index < -0.39 is 0 Å². The monoisotopic (exact) mass is 336 g/mol. The molecule has 20 heavy (non-hydrogen) atoms. The van der Waals surface area contributed by atoms with Gasteiger partial charge in [0.1, 0.15) is 0 Å². The number of nitrogens with zero attached hydrogens (tertiary/aromatic N) is 3. The van der Waals surface area contributed by atoms with Gasteiger partial charge in [-0.2, -0.15) is 5.10 Å². The van der Waals surface area contributed by atoms with Crippen LogP contribution in [0.2, 0.25) is 0 Å². The summed E-state index contributed by atoms with van der Waals surface area (Å²) in [6.07, 6.45) is 0.886. The SMILES string of the molecule is CNC(Cc1c(Br)c(C)nn1C)c1cc(C)nc(C)c1. The van der Waals surface area contributed by atoms with Crippen molar-refractivity contribution in [1.29, 1.82) is 0 Å². The highest BCUT2D eigenvalue weighted by molar-refractivity contribution is 9.10. The molecule has 1 unspecified atom stereocenters. The highest BCUT2D eigenvalue weighted by Gasteiger charge is 2.17. The smallest absolute Gasteiger partial charge is 0.0738 e. The Labute approximate surface area is 128 Å². The highest BCUT2D eigenvalue weighted by atomic mass is 79.9. The summed E-state index contributed by atoms with van der Waals surface area (Å²) in [5, 5.41) is 7.85. The third-order valence-corrected chi connectivity index (χ3v) is 4.55. The van der Waals surface area contributed by atoms with E-state index in [4.69, 9.17) is 0 Å². The van der Waals surface area contributed by atoms with Crippen LogP contribution >= 0.6 is 15.9 Å². The number of nitrogens with one attached hydrogen (secondary N) is 1. The van der Waals surface area contributed by atoms with Crippen molar-refractivity contribution >= 4 is 15.9 Å². The molecule has 0 aromatic carbocycles. The van der Waals surface area contributed by atoms with Gasteiger partial charge >= 0.3 is 0 Å². The van der Waals surface area contributed by atoms with Gasteiger partial charge in [0.25, 0.3) is 0 Å². The summed E-state index contributed by atoms with van der Waals surface area (Å²) in [6, 6.07) is 4.54. The number of hydrogen-bond donors (Lipinski definition) is 1. The van der Waals surface area contributed by atoms with Crippen LogP contribution in [0.5, 0.6) is 0 Å².